The number of amides is 1. The molecule has 1 aromatic carbocycles. The summed E-state index contributed by atoms with van der Waals surface area (Å²) in [6, 6.07) is 9.91. The van der Waals surface area contributed by atoms with Crippen LogP contribution >= 0.6 is 11.3 Å². The Bertz CT molecular complexity index is 610. The van der Waals surface area contributed by atoms with Crippen LogP contribution in [-0.4, -0.2) is 23.4 Å². The molecule has 0 N–H and O–H groups in total. The summed E-state index contributed by atoms with van der Waals surface area (Å²) in [4.78, 5) is 14.0. The molecule has 0 aliphatic carbocycles. The van der Waals surface area contributed by atoms with Crippen LogP contribution in [0.25, 0.3) is 10.1 Å². The van der Waals surface area contributed by atoms with Crippen LogP contribution in [0.4, 0.5) is 0 Å². The maximum atomic E-state index is 12.4. The Labute approximate surface area is 110 Å². The van der Waals surface area contributed by atoms with Crippen LogP contribution in [0.5, 0.6) is 0 Å². The molecule has 1 aromatic heterocycles. The summed E-state index contributed by atoms with van der Waals surface area (Å²) in [5.74, 6) is -0.0657. The van der Waals surface area contributed by atoms with Crippen molar-refractivity contribution in [3.8, 4) is 6.07 Å². The molecule has 3 nitrogen and oxygen atoms in total. The standard InChI is InChI=1S/C14H14N2OS/c1-10(2)16(8-7-15)14(17)12-9-18-13-6-4-3-5-11(12)13/h3-6,9-10H,8H2,1-2H3. The number of rotatable bonds is 3. The van der Waals surface area contributed by atoms with Gasteiger partial charge in [-0.2, -0.15) is 5.26 Å². The van der Waals surface area contributed by atoms with Crippen LogP contribution in [0.15, 0.2) is 29.6 Å². The molecule has 0 saturated carbocycles. The van der Waals surface area contributed by atoms with Crippen LogP contribution in [0.1, 0.15) is 24.2 Å². The van der Waals surface area contributed by atoms with E-state index in [1.165, 1.54) is 0 Å². The maximum Gasteiger partial charge on any atom is 0.256 e. The van der Waals surface area contributed by atoms with Gasteiger partial charge in [0.2, 0.25) is 0 Å². The average Bonchev–Trinajstić information content (AvgIpc) is 2.78. The molecule has 0 unspecified atom stereocenters. The molecule has 92 valence electrons. The van der Waals surface area contributed by atoms with Crippen LogP contribution in [-0.2, 0) is 0 Å². The van der Waals surface area contributed by atoms with Gasteiger partial charge in [0.1, 0.15) is 6.54 Å². The van der Waals surface area contributed by atoms with Crippen molar-refractivity contribution >= 4 is 27.3 Å². The largest absolute Gasteiger partial charge is 0.323 e. The Balaban J connectivity index is 2.41. The molecular formula is C14H14N2OS. The number of benzene rings is 1. The molecule has 1 heterocycles. The van der Waals surface area contributed by atoms with Crippen LogP contribution < -0.4 is 0 Å². The van der Waals surface area contributed by atoms with Gasteiger partial charge in [-0.1, -0.05) is 18.2 Å². The van der Waals surface area contributed by atoms with E-state index in [4.69, 9.17) is 5.26 Å². The van der Waals surface area contributed by atoms with Gasteiger partial charge in [0, 0.05) is 21.5 Å². The number of hydrogen-bond acceptors (Lipinski definition) is 3. The van der Waals surface area contributed by atoms with E-state index >= 15 is 0 Å². The molecular weight excluding hydrogens is 244 g/mol. The summed E-state index contributed by atoms with van der Waals surface area (Å²) < 4.78 is 1.10. The summed E-state index contributed by atoms with van der Waals surface area (Å²) in [7, 11) is 0. The van der Waals surface area contributed by atoms with E-state index in [2.05, 4.69) is 0 Å². The Morgan fingerprint density at radius 1 is 1.44 bits per heavy atom. The van der Waals surface area contributed by atoms with Gasteiger partial charge in [0.15, 0.2) is 0 Å². The highest BCUT2D eigenvalue weighted by atomic mass is 32.1. The lowest BCUT2D eigenvalue weighted by Crippen LogP contribution is -2.37. The lowest BCUT2D eigenvalue weighted by Gasteiger charge is -2.23. The fourth-order valence-electron chi connectivity index (χ4n) is 1.86. The highest BCUT2D eigenvalue weighted by Crippen LogP contribution is 2.27. The summed E-state index contributed by atoms with van der Waals surface area (Å²) in [6.45, 7) is 3.97. The number of hydrogen-bond donors (Lipinski definition) is 0. The average molecular weight is 258 g/mol. The molecule has 0 aliphatic heterocycles. The third-order valence-electron chi connectivity index (χ3n) is 2.84. The van der Waals surface area contributed by atoms with Crippen LogP contribution in [0.3, 0.4) is 0 Å². The van der Waals surface area contributed by atoms with Crippen molar-refractivity contribution in [2.45, 2.75) is 19.9 Å². The molecule has 18 heavy (non-hydrogen) atoms. The molecule has 0 radical (unpaired) electrons. The SMILES string of the molecule is CC(C)N(CC#N)C(=O)c1csc2ccccc12. The Morgan fingerprint density at radius 3 is 2.83 bits per heavy atom. The minimum atomic E-state index is -0.0657. The number of thiophene rings is 1. The molecule has 1 amide bonds. The zero-order valence-electron chi connectivity index (χ0n) is 10.4. The van der Waals surface area contributed by atoms with Crippen molar-refractivity contribution in [1.82, 2.24) is 4.90 Å². The second-order valence-electron chi connectivity index (χ2n) is 4.33. The first kappa shape index (κ1) is 12.6. The topological polar surface area (TPSA) is 44.1 Å². The van der Waals surface area contributed by atoms with Gasteiger partial charge in [0.25, 0.3) is 5.91 Å². The zero-order chi connectivity index (χ0) is 13.1. The van der Waals surface area contributed by atoms with Gasteiger partial charge in [-0.3, -0.25) is 4.79 Å². The second kappa shape index (κ2) is 5.19. The fraction of sp³-hybridized carbons (Fsp3) is 0.286. The van der Waals surface area contributed by atoms with Gasteiger partial charge >= 0.3 is 0 Å². The Kier molecular flexibility index (Phi) is 3.63. The zero-order valence-corrected chi connectivity index (χ0v) is 11.2. The van der Waals surface area contributed by atoms with Gasteiger partial charge in [-0.25, -0.2) is 0 Å². The molecule has 0 saturated heterocycles. The van der Waals surface area contributed by atoms with E-state index in [-0.39, 0.29) is 18.5 Å². The lowest BCUT2D eigenvalue weighted by atomic mass is 10.1. The van der Waals surface area contributed by atoms with Gasteiger partial charge in [-0.15, -0.1) is 11.3 Å². The quantitative estimate of drug-likeness (QED) is 0.793. The highest BCUT2D eigenvalue weighted by Gasteiger charge is 2.21. The van der Waals surface area contributed by atoms with E-state index in [1.54, 1.807) is 16.2 Å². The number of carbonyl (C=O) groups excluding carboxylic acids is 1. The van der Waals surface area contributed by atoms with E-state index < -0.39 is 0 Å². The first-order valence-corrected chi connectivity index (χ1v) is 6.67. The summed E-state index contributed by atoms with van der Waals surface area (Å²) >= 11 is 1.56. The molecule has 0 aliphatic rings. The minimum Gasteiger partial charge on any atom is -0.323 e. The maximum absolute atomic E-state index is 12.4. The number of carbonyl (C=O) groups is 1. The second-order valence-corrected chi connectivity index (χ2v) is 5.24. The normalized spacial score (nSPS) is 10.6. The van der Waals surface area contributed by atoms with E-state index in [9.17, 15) is 4.79 Å². The number of nitrogens with zero attached hydrogens (tertiary/aromatic N) is 2. The molecule has 0 spiro atoms. The van der Waals surface area contributed by atoms with Crippen molar-refractivity contribution in [1.29, 1.82) is 5.26 Å². The van der Waals surface area contributed by atoms with E-state index in [0.717, 1.165) is 10.1 Å². The lowest BCUT2D eigenvalue weighted by molar-refractivity contribution is 0.0734. The predicted molar refractivity (Wildman–Crippen MR) is 73.6 cm³/mol. The third kappa shape index (κ3) is 2.22. The molecule has 2 rings (SSSR count). The molecule has 0 atom stereocenters. The Hall–Kier alpha value is -1.86. The molecule has 0 fully saturated rings. The smallest absolute Gasteiger partial charge is 0.256 e. The summed E-state index contributed by atoms with van der Waals surface area (Å²) in [5.41, 5.74) is 0.694. The van der Waals surface area contributed by atoms with Gasteiger partial charge in [0.05, 0.1) is 11.6 Å². The van der Waals surface area contributed by atoms with Gasteiger partial charge < -0.3 is 4.90 Å². The van der Waals surface area contributed by atoms with E-state index in [0.29, 0.717) is 5.56 Å². The van der Waals surface area contributed by atoms with Crippen molar-refractivity contribution in [3.63, 3.8) is 0 Å². The Morgan fingerprint density at radius 2 is 2.17 bits per heavy atom. The highest BCUT2D eigenvalue weighted by molar-refractivity contribution is 7.17. The van der Waals surface area contributed by atoms with Crippen LogP contribution in [0, 0.1) is 11.3 Å². The van der Waals surface area contributed by atoms with Crippen molar-refractivity contribution in [3.05, 3.63) is 35.2 Å². The molecule has 0 bridgehead atoms. The minimum absolute atomic E-state index is 0.0239. The first-order valence-electron chi connectivity index (χ1n) is 5.79. The van der Waals surface area contributed by atoms with Gasteiger partial charge in [-0.05, 0) is 19.9 Å². The summed E-state index contributed by atoms with van der Waals surface area (Å²) in [6.07, 6.45) is 0. The molecule has 4 heteroatoms. The van der Waals surface area contributed by atoms with Crippen molar-refractivity contribution in [2.75, 3.05) is 6.54 Å². The first-order chi connectivity index (χ1) is 8.65. The fourth-order valence-corrected chi connectivity index (χ4v) is 2.80. The van der Waals surface area contributed by atoms with Crippen molar-refractivity contribution < 1.29 is 4.79 Å². The number of fused-ring (bicyclic) bond motifs is 1. The third-order valence-corrected chi connectivity index (χ3v) is 3.80. The number of nitriles is 1. The van der Waals surface area contributed by atoms with Crippen molar-refractivity contribution in [2.24, 2.45) is 0 Å². The summed E-state index contributed by atoms with van der Waals surface area (Å²) in [5, 5.41) is 11.6. The predicted octanol–water partition coefficient (Wildman–Crippen LogP) is 3.28. The molecule has 2 aromatic rings. The van der Waals surface area contributed by atoms with Crippen LogP contribution in [0.2, 0.25) is 0 Å². The van der Waals surface area contributed by atoms with E-state index in [1.807, 2.05) is 49.6 Å². The monoisotopic (exact) mass is 258 g/mol.